The van der Waals surface area contributed by atoms with Gasteiger partial charge in [-0.3, -0.25) is 4.90 Å². The van der Waals surface area contributed by atoms with Gasteiger partial charge in [-0.2, -0.15) is 0 Å². The summed E-state index contributed by atoms with van der Waals surface area (Å²) in [5.41, 5.74) is 0.610. The Kier molecular flexibility index (Phi) is 6.06. The summed E-state index contributed by atoms with van der Waals surface area (Å²) in [6.07, 6.45) is 1.46. The Hall–Kier alpha value is -1.66. The molecule has 2 N–H and O–H groups in total. The van der Waals surface area contributed by atoms with E-state index in [1.54, 1.807) is 12.1 Å². The number of ether oxygens (including phenoxy) is 1. The van der Waals surface area contributed by atoms with E-state index in [0.29, 0.717) is 12.8 Å². The van der Waals surface area contributed by atoms with Crippen LogP contribution in [0.3, 0.4) is 0 Å². The van der Waals surface area contributed by atoms with E-state index in [4.69, 9.17) is 4.74 Å². The largest absolute Gasteiger partial charge is 0.443 e. The summed E-state index contributed by atoms with van der Waals surface area (Å²) in [5, 5.41) is 13.8. The summed E-state index contributed by atoms with van der Waals surface area (Å²) in [7, 11) is 0. The van der Waals surface area contributed by atoms with Crippen LogP contribution >= 0.6 is 0 Å². The van der Waals surface area contributed by atoms with Crippen molar-refractivity contribution in [2.75, 3.05) is 13.1 Å². The fourth-order valence-corrected chi connectivity index (χ4v) is 4.32. The zero-order valence-electron chi connectivity index (χ0n) is 16.5. The minimum Gasteiger partial charge on any atom is -0.443 e. The molecule has 0 bridgehead atoms. The van der Waals surface area contributed by atoms with Crippen molar-refractivity contribution in [2.45, 2.75) is 76.2 Å². The van der Waals surface area contributed by atoms with Gasteiger partial charge in [-0.25, -0.2) is 9.18 Å². The molecule has 0 radical (unpaired) electrons. The van der Waals surface area contributed by atoms with Crippen molar-refractivity contribution >= 4 is 6.09 Å². The SMILES string of the molecule is CC(C)(C)N(C(=O)OC1CC(c2ccc(F)cc2)CC1O)C1CCCNC1. The first-order valence-corrected chi connectivity index (χ1v) is 9.90. The van der Waals surface area contributed by atoms with Gasteiger partial charge in [0.05, 0.1) is 6.10 Å². The first-order valence-electron chi connectivity index (χ1n) is 9.90. The number of nitrogens with one attached hydrogen (secondary N) is 1. The highest BCUT2D eigenvalue weighted by Crippen LogP contribution is 2.37. The molecule has 1 saturated heterocycles. The van der Waals surface area contributed by atoms with Crippen molar-refractivity contribution < 1.29 is 19.0 Å². The molecular weight excluding hydrogens is 347 g/mol. The van der Waals surface area contributed by atoms with Gasteiger partial charge in [0.25, 0.3) is 0 Å². The molecule has 3 rings (SSSR count). The van der Waals surface area contributed by atoms with Gasteiger partial charge in [0, 0.05) is 18.1 Å². The van der Waals surface area contributed by atoms with Crippen LogP contribution in [0.2, 0.25) is 0 Å². The van der Waals surface area contributed by atoms with Crippen molar-refractivity contribution in [1.29, 1.82) is 0 Å². The van der Waals surface area contributed by atoms with E-state index in [-0.39, 0.29) is 29.4 Å². The van der Waals surface area contributed by atoms with Crippen LogP contribution < -0.4 is 5.32 Å². The van der Waals surface area contributed by atoms with E-state index < -0.39 is 12.2 Å². The smallest absolute Gasteiger partial charge is 0.410 e. The standard InChI is InChI=1S/C21H31FN2O3/c1-21(2,3)24(17-5-4-10-23-13-17)20(26)27-19-12-15(11-18(19)25)14-6-8-16(22)9-7-14/h6-9,15,17-19,23,25H,4-5,10-13H2,1-3H3. The Balaban J connectivity index is 1.67. The minimum absolute atomic E-state index is 0.0674. The number of aliphatic hydroxyl groups is 1. The number of amides is 1. The molecule has 2 aliphatic rings. The van der Waals surface area contributed by atoms with Gasteiger partial charge in [0.2, 0.25) is 0 Å². The van der Waals surface area contributed by atoms with Gasteiger partial charge in [-0.15, -0.1) is 0 Å². The molecule has 1 heterocycles. The third-order valence-corrected chi connectivity index (χ3v) is 5.62. The lowest BCUT2D eigenvalue weighted by Crippen LogP contribution is -2.57. The summed E-state index contributed by atoms with van der Waals surface area (Å²) in [4.78, 5) is 14.8. The molecule has 1 aliphatic carbocycles. The lowest BCUT2D eigenvalue weighted by Gasteiger charge is -2.43. The summed E-state index contributed by atoms with van der Waals surface area (Å²) in [6, 6.07) is 6.44. The molecule has 1 saturated carbocycles. The van der Waals surface area contributed by atoms with Crippen molar-refractivity contribution in [3.05, 3.63) is 35.6 Å². The first kappa shape index (κ1) is 20.1. The highest BCUT2D eigenvalue weighted by atomic mass is 19.1. The van der Waals surface area contributed by atoms with Crippen molar-refractivity contribution in [3.63, 3.8) is 0 Å². The van der Waals surface area contributed by atoms with Crippen LogP contribution in [-0.4, -0.2) is 53.0 Å². The molecule has 1 aromatic carbocycles. The van der Waals surface area contributed by atoms with Gasteiger partial charge >= 0.3 is 6.09 Å². The number of aliphatic hydroxyl groups excluding tert-OH is 1. The number of halogens is 1. The Morgan fingerprint density at radius 3 is 2.56 bits per heavy atom. The molecule has 6 heteroatoms. The number of benzene rings is 1. The Morgan fingerprint density at radius 2 is 1.96 bits per heavy atom. The Labute approximate surface area is 160 Å². The fourth-order valence-electron chi connectivity index (χ4n) is 4.32. The third kappa shape index (κ3) is 4.79. The Bertz CT molecular complexity index is 638. The summed E-state index contributed by atoms with van der Waals surface area (Å²) < 4.78 is 18.9. The maximum atomic E-state index is 13.1. The van der Waals surface area contributed by atoms with Crippen LogP contribution in [-0.2, 0) is 4.74 Å². The predicted octanol–water partition coefficient (Wildman–Crippen LogP) is 3.42. The van der Waals surface area contributed by atoms with Crippen molar-refractivity contribution in [3.8, 4) is 0 Å². The molecule has 150 valence electrons. The van der Waals surface area contributed by atoms with Crippen LogP contribution in [0.25, 0.3) is 0 Å². The number of hydrogen-bond donors (Lipinski definition) is 2. The molecule has 1 aromatic rings. The second-order valence-corrected chi connectivity index (χ2v) is 8.75. The molecule has 5 nitrogen and oxygen atoms in total. The molecule has 2 fully saturated rings. The van der Waals surface area contributed by atoms with Crippen molar-refractivity contribution in [1.82, 2.24) is 10.2 Å². The minimum atomic E-state index is -0.699. The monoisotopic (exact) mass is 378 g/mol. The molecule has 27 heavy (non-hydrogen) atoms. The number of carbonyl (C=O) groups is 1. The van der Waals surface area contributed by atoms with E-state index in [0.717, 1.165) is 31.5 Å². The van der Waals surface area contributed by atoms with Crippen LogP contribution in [0.1, 0.15) is 57.9 Å². The Morgan fingerprint density at radius 1 is 1.26 bits per heavy atom. The van der Waals surface area contributed by atoms with E-state index in [1.165, 1.54) is 12.1 Å². The number of nitrogens with zero attached hydrogens (tertiary/aromatic N) is 1. The van der Waals surface area contributed by atoms with Gasteiger partial charge in [0.1, 0.15) is 11.9 Å². The van der Waals surface area contributed by atoms with E-state index in [2.05, 4.69) is 5.32 Å². The normalized spacial score (nSPS) is 28.8. The van der Waals surface area contributed by atoms with Crippen molar-refractivity contribution in [2.24, 2.45) is 0 Å². The molecule has 4 unspecified atom stereocenters. The highest BCUT2D eigenvalue weighted by Gasteiger charge is 2.40. The van der Waals surface area contributed by atoms with Gasteiger partial charge < -0.3 is 15.2 Å². The zero-order valence-corrected chi connectivity index (χ0v) is 16.5. The van der Waals surface area contributed by atoms with Crippen LogP contribution in [0.4, 0.5) is 9.18 Å². The van der Waals surface area contributed by atoms with Crippen LogP contribution in [0.15, 0.2) is 24.3 Å². The lowest BCUT2D eigenvalue weighted by molar-refractivity contribution is -0.0196. The highest BCUT2D eigenvalue weighted by molar-refractivity contribution is 5.69. The van der Waals surface area contributed by atoms with E-state index in [9.17, 15) is 14.3 Å². The zero-order chi connectivity index (χ0) is 19.6. The molecule has 1 aliphatic heterocycles. The lowest BCUT2D eigenvalue weighted by atomic mass is 9.97. The quantitative estimate of drug-likeness (QED) is 0.846. The topological polar surface area (TPSA) is 61.8 Å². The maximum absolute atomic E-state index is 13.1. The fraction of sp³-hybridized carbons (Fsp3) is 0.667. The molecule has 0 aromatic heterocycles. The average molecular weight is 378 g/mol. The van der Waals surface area contributed by atoms with Crippen LogP contribution in [0, 0.1) is 5.82 Å². The average Bonchev–Trinajstić information content (AvgIpc) is 2.96. The molecule has 4 atom stereocenters. The van der Waals surface area contributed by atoms with Gasteiger partial charge in [-0.1, -0.05) is 12.1 Å². The second kappa shape index (κ2) is 8.15. The molecular formula is C21H31FN2O3. The number of rotatable bonds is 3. The second-order valence-electron chi connectivity index (χ2n) is 8.75. The summed E-state index contributed by atoms with van der Waals surface area (Å²) in [6.45, 7) is 7.77. The van der Waals surface area contributed by atoms with Gasteiger partial charge in [-0.05, 0) is 76.6 Å². The van der Waals surface area contributed by atoms with E-state index >= 15 is 0 Å². The maximum Gasteiger partial charge on any atom is 0.410 e. The first-order chi connectivity index (χ1) is 12.8. The number of hydrogen-bond acceptors (Lipinski definition) is 4. The third-order valence-electron chi connectivity index (χ3n) is 5.62. The molecule has 1 amide bonds. The molecule has 0 spiro atoms. The summed E-state index contributed by atoms with van der Waals surface area (Å²) >= 11 is 0. The van der Waals surface area contributed by atoms with Gasteiger partial charge in [0.15, 0.2) is 0 Å². The van der Waals surface area contributed by atoms with E-state index in [1.807, 2.05) is 25.7 Å². The number of carbonyl (C=O) groups excluding carboxylic acids is 1. The number of piperidine rings is 1. The van der Waals surface area contributed by atoms with Crippen LogP contribution in [0.5, 0.6) is 0 Å². The summed E-state index contributed by atoms with van der Waals surface area (Å²) in [5.74, 6) is -0.208. The predicted molar refractivity (Wildman–Crippen MR) is 102 cm³/mol.